The number of hydrogen-bond acceptors (Lipinski definition) is 3. The van der Waals surface area contributed by atoms with E-state index in [-0.39, 0.29) is 23.5 Å². The van der Waals surface area contributed by atoms with Crippen LogP contribution in [0.3, 0.4) is 0 Å². The molecule has 3 aromatic rings. The molecule has 0 bridgehead atoms. The van der Waals surface area contributed by atoms with E-state index in [2.05, 4.69) is 10.4 Å². The summed E-state index contributed by atoms with van der Waals surface area (Å²) in [5.41, 5.74) is 1.85. The van der Waals surface area contributed by atoms with Crippen LogP contribution in [0.25, 0.3) is 5.69 Å². The number of methoxy groups -OCH3 is 1. The van der Waals surface area contributed by atoms with Gasteiger partial charge in [-0.05, 0) is 43.3 Å². The van der Waals surface area contributed by atoms with Gasteiger partial charge in [-0.25, -0.2) is 9.07 Å². The predicted molar refractivity (Wildman–Crippen MR) is 92.4 cm³/mol. The van der Waals surface area contributed by atoms with Crippen molar-refractivity contribution in [1.82, 2.24) is 15.1 Å². The Morgan fingerprint density at radius 2 is 1.88 bits per heavy atom. The van der Waals surface area contributed by atoms with Crippen LogP contribution in [0, 0.1) is 5.82 Å². The van der Waals surface area contributed by atoms with Crippen molar-refractivity contribution in [2.24, 2.45) is 0 Å². The summed E-state index contributed by atoms with van der Waals surface area (Å²) in [6.07, 6.45) is 1.66. The van der Waals surface area contributed by atoms with Gasteiger partial charge in [0.1, 0.15) is 11.6 Å². The minimum atomic E-state index is -0.320. The van der Waals surface area contributed by atoms with E-state index in [1.807, 2.05) is 31.2 Å². The van der Waals surface area contributed by atoms with Gasteiger partial charge in [-0.3, -0.25) is 4.79 Å². The van der Waals surface area contributed by atoms with E-state index in [4.69, 9.17) is 4.74 Å². The van der Waals surface area contributed by atoms with Crippen molar-refractivity contribution in [3.8, 4) is 11.4 Å². The number of carbonyl (C=O) groups excluding carboxylic acids is 1. The van der Waals surface area contributed by atoms with Gasteiger partial charge in [-0.2, -0.15) is 5.10 Å². The number of carbonyl (C=O) groups is 1. The van der Waals surface area contributed by atoms with Crippen molar-refractivity contribution in [2.45, 2.75) is 13.0 Å². The normalized spacial score (nSPS) is 11.8. The van der Waals surface area contributed by atoms with E-state index in [1.54, 1.807) is 31.5 Å². The number of nitrogens with one attached hydrogen (secondary N) is 1. The summed E-state index contributed by atoms with van der Waals surface area (Å²) in [7, 11) is 1.59. The number of halogens is 1. The highest BCUT2D eigenvalue weighted by Gasteiger charge is 2.16. The molecule has 5 nitrogen and oxygen atoms in total. The first-order chi connectivity index (χ1) is 12.1. The zero-order chi connectivity index (χ0) is 17.8. The molecule has 0 aliphatic rings. The summed E-state index contributed by atoms with van der Waals surface area (Å²) >= 11 is 0. The summed E-state index contributed by atoms with van der Waals surface area (Å²) in [5, 5.41) is 7.16. The molecule has 0 aliphatic heterocycles. The first kappa shape index (κ1) is 16.7. The highest BCUT2D eigenvalue weighted by Crippen LogP contribution is 2.24. The predicted octanol–water partition coefficient (Wildman–Crippen LogP) is 3.51. The molecular weight excluding hydrogens is 321 g/mol. The standard InChI is InChI=1S/C19H18FN3O2/c1-13(16-5-3-4-6-18(16)25-2)21-19(24)17-11-12-23(22-17)15-9-7-14(20)8-10-15/h3-13H,1-2H3,(H,21,24). The van der Waals surface area contributed by atoms with Gasteiger partial charge in [-0.15, -0.1) is 0 Å². The fraction of sp³-hybridized carbons (Fsp3) is 0.158. The molecule has 0 saturated carbocycles. The van der Waals surface area contributed by atoms with Crippen molar-refractivity contribution in [3.05, 3.63) is 77.9 Å². The van der Waals surface area contributed by atoms with E-state index < -0.39 is 0 Å². The van der Waals surface area contributed by atoms with Crippen molar-refractivity contribution in [3.63, 3.8) is 0 Å². The second-order valence-corrected chi connectivity index (χ2v) is 5.56. The smallest absolute Gasteiger partial charge is 0.272 e. The van der Waals surface area contributed by atoms with Gasteiger partial charge in [0.25, 0.3) is 5.91 Å². The maximum absolute atomic E-state index is 13.0. The molecule has 1 aromatic heterocycles. The van der Waals surface area contributed by atoms with E-state index in [0.717, 1.165) is 5.56 Å². The van der Waals surface area contributed by atoms with Crippen LogP contribution in [-0.4, -0.2) is 22.8 Å². The monoisotopic (exact) mass is 339 g/mol. The summed E-state index contributed by atoms with van der Waals surface area (Å²) in [6, 6.07) is 14.8. The molecule has 0 saturated heterocycles. The quantitative estimate of drug-likeness (QED) is 0.774. The van der Waals surface area contributed by atoms with Gasteiger partial charge in [0.2, 0.25) is 0 Å². The fourth-order valence-corrected chi connectivity index (χ4v) is 2.56. The lowest BCUT2D eigenvalue weighted by Crippen LogP contribution is -2.27. The van der Waals surface area contributed by atoms with Crippen molar-refractivity contribution in [2.75, 3.05) is 7.11 Å². The molecule has 128 valence electrons. The third kappa shape index (κ3) is 3.68. The molecule has 0 fully saturated rings. The van der Waals surface area contributed by atoms with Crippen LogP contribution < -0.4 is 10.1 Å². The number of aromatic nitrogens is 2. The molecule has 2 aromatic carbocycles. The van der Waals surface area contributed by atoms with Crippen molar-refractivity contribution >= 4 is 5.91 Å². The lowest BCUT2D eigenvalue weighted by atomic mass is 10.1. The minimum absolute atomic E-state index is 0.236. The second-order valence-electron chi connectivity index (χ2n) is 5.56. The number of hydrogen-bond donors (Lipinski definition) is 1. The molecule has 1 atom stereocenters. The summed E-state index contributed by atoms with van der Waals surface area (Å²) in [5.74, 6) is 0.103. The summed E-state index contributed by atoms with van der Waals surface area (Å²) in [6.45, 7) is 1.88. The average molecular weight is 339 g/mol. The molecule has 3 rings (SSSR count). The maximum Gasteiger partial charge on any atom is 0.272 e. The topological polar surface area (TPSA) is 56.1 Å². The lowest BCUT2D eigenvalue weighted by molar-refractivity contribution is 0.0934. The van der Waals surface area contributed by atoms with Gasteiger partial charge in [-0.1, -0.05) is 18.2 Å². The Kier molecular flexibility index (Phi) is 4.79. The van der Waals surface area contributed by atoms with Gasteiger partial charge < -0.3 is 10.1 Å². The molecule has 1 unspecified atom stereocenters. The van der Waals surface area contributed by atoms with E-state index in [1.165, 1.54) is 16.8 Å². The van der Waals surface area contributed by atoms with Crippen LogP contribution in [0.2, 0.25) is 0 Å². The zero-order valence-corrected chi connectivity index (χ0v) is 13.9. The highest BCUT2D eigenvalue weighted by atomic mass is 19.1. The molecule has 0 spiro atoms. The molecule has 0 aliphatic carbocycles. The minimum Gasteiger partial charge on any atom is -0.496 e. The highest BCUT2D eigenvalue weighted by molar-refractivity contribution is 5.92. The molecule has 1 N–H and O–H groups in total. The number of para-hydroxylation sites is 1. The summed E-state index contributed by atoms with van der Waals surface area (Å²) < 4.78 is 19.9. The van der Waals surface area contributed by atoms with Gasteiger partial charge in [0, 0.05) is 11.8 Å². The van der Waals surface area contributed by atoms with Gasteiger partial charge in [0.05, 0.1) is 18.8 Å². The van der Waals surface area contributed by atoms with Gasteiger partial charge in [0.15, 0.2) is 5.69 Å². The lowest BCUT2D eigenvalue weighted by Gasteiger charge is -2.16. The van der Waals surface area contributed by atoms with Crippen LogP contribution in [-0.2, 0) is 0 Å². The Hall–Kier alpha value is -3.15. The van der Waals surface area contributed by atoms with Crippen molar-refractivity contribution in [1.29, 1.82) is 0 Å². The molecule has 0 radical (unpaired) electrons. The molecule has 1 amide bonds. The third-order valence-corrected chi connectivity index (χ3v) is 3.87. The Morgan fingerprint density at radius 1 is 1.16 bits per heavy atom. The number of rotatable bonds is 5. The van der Waals surface area contributed by atoms with Crippen LogP contribution in [0.15, 0.2) is 60.8 Å². The van der Waals surface area contributed by atoms with Gasteiger partial charge >= 0.3 is 0 Å². The van der Waals surface area contributed by atoms with Crippen LogP contribution in [0.5, 0.6) is 5.75 Å². The number of nitrogens with zero attached hydrogens (tertiary/aromatic N) is 2. The maximum atomic E-state index is 13.0. The van der Waals surface area contributed by atoms with Crippen molar-refractivity contribution < 1.29 is 13.9 Å². The Morgan fingerprint density at radius 3 is 2.60 bits per heavy atom. The molecular formula is C19H18FN3O2. The first-order valence-corrected chi connectivity index (χ1v) is 7.84. The number of ether oxygens (including phenoxy) is 1. The van der Waals surface area contributed by atoms with E-state index >= 15 is 0 Å². The largest absolute Gasteiger partial charge is 0.496 e. The Labute approximate surface area is 145 Å². The fourth-order valence-electron chi connectivity index (χ4n) is 2.56. The van der Waals surface area contributed by atoms with E-state index in [0.29, 0.717) is 11.4 Å². The zero-order valence-electron chi connectivity index (χ0n) is 13.9. The number of benzene rings is 2. The molecule has 25 heavy (non-hydrogen) atoms. The second kappa shape index (κ2) is 7.17. The SMILES string of the molecule is COc1ccccc1C(C)NC(=O)c1ccn(-c2ccc(F)cc2)n1. The summed E-state index contributed by atoms with van der Waals surface area (Å²) in [4.78, 5) is 12.4. The molecule has 6 heteroatoms. The first-order valence-electron chi connectivity index (χ1n) is 7.84. The third-order valence-electron chi connectivity index (χ3n) is 3.87. The van der Waals surface area contributed by atoms with Crippen LogP contribution >= 0.6 is 0 Å². The number of amides is 1. The average Bonchev–Trinajstić information content (AvgIpc) is 3.12. The Balaban J connectivity index is 1.74. The molecule has 1 heterocycles. The Bertz CT molecular complexity index is 874. The van der Waals surface area contributed by atoms with Crippen LogP contribution in [0.1, 0.15) is 29.0 Å². The van der Waals surface area contributed by atoms with Crippen LogP contribution in [0.4, 0.5) is 4.39 Å². The van der Waals surface area contributed by atoms with E-state index in [9.17, 15) is 9.18 Å².